The molecule has 0 saturated carbocycles. The zero-order valence-corrected chi connectivity index (χ0v) is 37.8. The predicted octanol–water partition coefficient (Wildman–Crippen LogP) is 9.78. The van der Waals surface area contributed by atoms with Crippen LogP contribution in [-0.4, -0.2) is 76.9 Å². The van der Waals surface area contributed by atoms with Crippen molar-refractivity contribution in [3.63, 3.8) is 0 Å². The number of piperazine rings is 1. The standard InChI is InChI=1S/C48H51ClN8O4S2/c1-34-45(48(58)50-24-27-54-25-6-7-26-54)46(47(53(34)2)35-10-8-12-37(49)17-16-35)36-11-9-13-40(32-36)56-30-28-55(29-31-56)39-20-18-38(19-21-39)52-63(61)42-22-23-43(44(33-42)57(59)60)51-62-41-14-4-3-5-15-41/h3-5,8-9,11-23,32-33,51-52H,6-7,10,24-31H2,1-2H3,(H,50,58). The molecule has 1 aliphatic carbocycles. The second-order valence-corrected chi connectivity index (χ2v) is 18.3. The van der Waals surface area contributed by atoms with Gasteiger partial charge in [-0.2, -0.15) is 0 Å². The summed E-state index contributed by atoms with van der Waals surface area (Å²) in [5, 5.41) is 15.8. The maximum atomic E-state index is 14.1. The predicted molar refractivity (Wildman–Crippen MR) is 259 cm³/mol. The smallest absolute Gasteiger partial charge is 0.294 e. The first-order valence-corrected chi connectivity index (χ1v) is 23.6. The van der Waals surface area contributed by atoms with Gasteiger partial charge in [0, 0.05) is 90.6 Å². The summed E-state index contributed by atoms with van der Waals surface area (Å²) in [4.78, 5) is 33.9. The number of anilines is 4. The zero-order chi connectivity index (χ0) is 43.9. The zero-order valence-electron chi connectivity index (χ0n) is 35.4. The largest absolute Gasteiger partial charge is 0.368 e. The Bertz CT molecular complexity index is 2580. The molecular weight excluding hydrogens is 852 g/mol. The Morgan fingerprint density at radius 2 is 1.60 bits per heavy atom. The molecule has 3 aliphatic rings. The summed E-state index contributed by atoms with van der Waals surface area (Å²) < 4.78 is 21.5. The van der Waals surface area contributed by atoms with Crippen LogP contribution in [0.25, 0.3) is 16.7 Å². The minimum Gasteiger partial charge on any atom is -0.368 e. The van der Waals surface area contributed by atoms with Gasteiger partial charge in [-0.15, -0.1) is 0 Å². The van der Waals surface area contributed by atoms with Crippen molar-refractivity contribution in [2.45, 2.75) is 36.0 Å². The Labute approximate surface area is 380 Å². The van der Waals surface area contributed by atoms with Crippen molar-refractivity contribution >= 4 is 74.5 Å². The average molecular weight is 904 g/mol. The van der Waals surface area contributed by atoms with E-state index in [0.29, 0.717) is 39.8 Å². The van der Waals surface area contributed by atoms with E-state index in [1.165, 1.54) is 30.9 Å². The second-order valence-electron chi connectivity index (χ2n) is 15.8. The fraction of sp³-hybridized carbons (Fsp3) is 0.271. The van der Waals surface area contributed by atoms with Crippen molar-refractivity contribution in [3.05, 3.63) is 153 Å². The van der Waals surface area contributed by atoms with Crippen LogP contribution in [0, 0.1) is 17.0 Å². The van der Waals surface area contributed by atoms with E-state index in [4.69, 9.17) is 11.6 Å². The molecule has 4 aromatic carbocycles. The molecule has 2 aliphatic heterocycles. The van der Waals surface area contributed by atoms with E-state index in [-0.39, 0.29) is 11.6 Å². The van der Waals surface area contributed by atoms with Crippen molar-refractivity contribution in [3.8, 4) is 11.1 Å². The molecule has 1 aromatic heterocycles. The van der Waals surface area contributed by atoms with Crippen LogP contribution in [0.3, 0.4) is 0 Å². The quantitative estimate of drug-likeness (QED) is 0.0535. The van der Waals surface area contributed by atoms with Gasteiger partial charge >= 0.3 is 0 Å². The Kier molecular flexibility index (Phi) is 14.0. The number of nitrogens with zero attached hydrogens (tertiary/aromatic N) is 5. The molecule has 3 heterocycles. The first-order chi connectivity index (χ1) is 30.6. The van der Waals surface area contributed by atoms with E-state index < -0.39 is 15.9 Å². The summed E-state index contributed by atoms with van der Waals surface area (Å²) in [5.41, 5.74) is 8.60. The van der Waals surface area contributed by atoms with Crippen LogP contribution in [0.15, 0.2) is 136 Å². The monoisotopic (exact) mass is 902 g/mol. The third kappa shape index (κ3) is 10.4. The molecule has 0 radical (unpaired) electrons. The fourth-order valence-electron chi connectivity index (χ4n) is 8.39. The van der Waals surface area contributed by atoms with E-state index in [1.807, 2.05) is 80.7 Å². The maximum absolute atomic E-state index is 14.1. The van der Waals surface area contributed by atoms with E-state index in [0.717, 1.165) is 90.2 Å². The number of rotatable bonds is 15. The number of hydrogen-bond acceptors (Lipinski definition) is 9. The number of aromatic nitrogens is 1. The molecule has 1 amide bonds. The Hall–Kier alpha value is -5.80. The second kappa shape index (κ2) is 20.1. The van der Waals surface area contributed by atoms with Gasteiger partial charge in [-0.1, -0.05) is 54.1 Å². The molecule has 0 bridgehead atoms. The molecule has 15 heteroatoms. The normalized spacial score (nSPS) is 16.0. The van der Waals surface area contributed by atoms with E-state index in [2.05, 4.69) is 70.4 Å². The van der Waals surface area contributed by atoms with Crippen LogP contribution in [0.1, 0.15) is 41.0 Å². The van der Waals surface area contributed by atoms with Gasteiger partial charge in [0.05, 0.1) is 21.1 Å². The highest BCUT2D eigenvalue weighted by atomic mass is 35.5. The van der Waals surface area contributed by atoms with Crippen molar-refractivity contribution < 1.29 is 13.9 Å². The number of halogens is 1. The molecule has 63 heavy (non-hydrogen) atoms. The summed E-state index contributed by atoms with van der Waals surface area (Å²) >= 11 is 7.69. The van der Waals surface area contributed by atoms with Gasteiger partial charge in [0.25, 0.3) is 11.6 Å². The number of allylic oxidation sites excluding steroid dienone is 6. The number of nitrogens with one attached hydrogen (secondary N) is 3. The average Bonchev–Trinajstić information content (AvgIpc) is 3.85. The highest BCUT2D eigenvalue weighted by Gasteiger charge is 2.28. The first-order valence-electron chi connectivity index (χ1n) is 21.2. The highest BCUT2D eigenvalue weighted by molar-refractivity contribution is 8.00. The minimum atomic E-state index is -1.72. The number of benzene rings is 4. The molecule has 12 nitrogen and oxygen atoms in total. The van der Waals surface area contributed by atoms with Crippen LogP contribution in [0.2, 0.25) is 0 Å². The molecule has 1 unspecified atom stereocenters. The summed E-state index contributed by atoms with van der Waals surface area (Å²) in [6.07, 6.45) is 11.1. The number of carbonyl (C=O) groups is 1. The lowest BCUT2D eigenvalue weighted by Crippen LogP contribution is -2.46. The molecule has 2 saturated heterocycles. The van der Waals surface area contributed by atoms with Crippen molar-refractivity contribution in [1.29, 1.82) is 0 Å². The van der Waals surface area contributed by atoms with Gasteiger partial charge in [0.15, 0.2) is 11.0 Å². The topological polar surface area (TPSA) is 128 Å². The molecule has 3 N–H and O–H groups in total. The molecule has 1 atom stereocenters. The fourth-order valence-corrected chi connectivity index (χ4v) is 10.1. The van der Waals surface area contributed by atoms with Crippen molar-refractivity contribution in [2.75, 3.05) is 71.6 Å². The summed E-state index contributed by atoms with van der Waals surface area (Å²) in [6, 6.07) is 30.4. The lowest BCUT2D eigenvalue weighted by molar-refractivity contribution is -0.384. The van der Waals surface area contributed by atoms with Crippen LogP contribution in [0.5, 0.6) is 0 Å². The van der Waals surface area contributed by atoms with E-state index in [9.17, 15) is 19.1 Å². The van der Waals surface area contributed by atoms with Gasteiger partial charge < -0.3 is 34.0 Å². The number of likely N-dealkylation sites (tertiary alicyclic amines) is 1. The Morgan fingerprint density at radius 1 is 0.873 bits per heavy atom. The molecule has 8 rings (SSSR count). The maximum Gasteiger partial charge on any atom is 0.294 e. The number of carbonyl (C=O) groups excluding carboxylic acids is 1. The lowest BCUT2D eigenvalue weighted by Gasteiger charge is -2.37. The van der Waals surface area contributed by atoms with Gasteiger partial charge in [0.2, 0.25) is 0 Å². The van der Waals surface area contributed by atoms with Crippen LogP contribution >= 0.6 is 23.5 Å². The third-order valence-electron chi connectivity index (χ3n) is 11.8. The van der Waals surface area contributed by atoms with Crippen molar-refractivity contribution in [1.82, 2.24) is 14.8 Å². The number of hydrogen-bond donors (Lipinski definition) is 3. The highest BCUT2D eigenvalue weighted by Crippen LogP contribution is 2.40. The third-order valence-corrected chi connectivity index (χ3v) is 14.0. The molecular formula is C48H51ClN8O4S2. The molecule has 5 aromatic rings. The molecule has 326 valence electrons. The molecule has 2 fully saturated rings. The lowest BCUT2D eigenvalue weighted by atomic mass is 9.94. The first kappa shape index (κ1) is 43.8. The Morgan fingerprint density at radius 3 is 2.33 bits per heavy atom. The SMILES string of the molecule is Cc1c(C(=O)NCCN2CCCC2)c(-c2cccc(N3CCN(c4ccc(NS(=O)c5ccc(NSc6ccccc6)c([N+](=O)[O-])c5)cc4)CC3)c2)c(C2=CC=C(Cl)C=CC2)n1C. The van der Waals surface area contributed by atoms with Gasteiger partial charge in [-0.3, -0.25) is 14.9 Å². The van der Waals surface area contributed by atoms with Crippen molar-refractivity contribution in [2.24, 2.45) is 7.05 Å². The molecule has 0 spiro atoms. The number of nitro groups is 1. The van der Waals surface area contributed by atoms with Crippen LogP contribution < -0.4 is 24.6 Å². The van der Waals surface area contributed by atoms with Gasteiger partial charge in [0.1, 0.15) is 5.69 Å². The number of amides is 1. The van der Waals surface area contributed by atoms with E-state index in [1.54, 1.807) is 12.1 Å². The van der Waals surface area contributed by atoms with Crippen LogP contribution in [-0.2, 0) is 18.0 Å². The summed E-state index contributed by atoms with van der Waals surface area (Å²) in [6.45, 7) is 8.83. The number of nitro benzene ring substituents is 1. The van der Waals surface area contributed by atoms with Gasteiger partial charge in [-0.05, 0) is 135 Å². The summed E-state index contributed by atoms with van der Waals surface area (Å²) in [7, 11) is 0.317. The van der Waals surface area contributed by atoms with Crippen LogP contribution in [0.4, 0.5) is 28.4 Å². The van der Waals surface area contributed by atoms with Gasteiger partial charge in [-0.25, -0.2) is 4.21 Å². The minimum absolute atomic E-state index is 0.0574. The van der Waals surface area contributed by atoms with E-state index >= 15 is 0 Å². The summed E-state index contributed by atoms with van der Waals surface area (Å²) in [5.74, 6) is -0.0574. The Balaban J connectivity index is 0.939.